The number of ether oxygens (including phenoxy) is 1. The molecule has 0 unspecified atom stereocenters. The van der Waals surface area contributed by atoms with E-state index in [1.165, 1.54) is 0 Å². The summed E-state index contributed by atoms with van der Waals surface area (Å²) in [6.45, 7) is 2.85. The summed E-state index contributed by atoms with van der Waals surface area (Å²) in [4.78, 5) is 14.9. The van der Waals surface area contributed by atoms with Crippen molar-refractivity contribution in [1.29, 1.82) is 0 Å². The fourth-order valence-electron chi connectivity index (χ4n) is 2.52. The Morgan fingerprint density at radius 2 is 1.43 bits per heavy atom. The van der Waals surface area contributed by atoms with Crippen molar-refractivity contribution in [3.05, 3.63) is 71.8 Å². The number of carbonyl (C=O) groups is 1. The zero-order chi connectivity index (χ0) is 16.7. The first kappa shape index (κ1) is 17.2. The molecule has 0 amide bonds. The summed E-state index contributed by atoms with van der Waals surface area (Å²) < 4.78 is 5.71. The maximum Gasteiger partial charge on any atom is 0.318 e. The molecule has 0 aliphatic carbocycles. The second-order valence-corrected chi connectivity index (χ2v) is 6.09. The third-order valence-corrected chi connectivity index (χ3v) is 3.80. The molecule has 3 heteroatoms. The molecule has 2 rings (SSSR count). The van der Waals surface area contributed by atoms with Crippen LogP contribution in [0.2, 0.25) is 0 Å². The second kappa shape index (κ2) is 8.49. The van der Waals surface area contributed by atoms with Crippen LogP contribution in [0.25, 0.3) is 0 Å². The van der Waals surface area contributed by atoms with Crippen molar-refractivity contribution in [3.63, 3.8) is 0 Å². The van der Waals surface area contributed by atoms with Gasteiger partial charge in [0.1, 0.15) is 12.0 Å². The average Bonchev–Trinajstić information content (AvgIpc) is 2.55. The third-order valence-electron chi connectivity index (χ3n) is 3.80. The molecule has 0 aliphatic rings. The first-order valence-corrected chi connectivity index (χ1v) is 8.03. The van der Waals surface area contributed by atoms with Crippen molar-refractivity contribution in [1.82, 2.24) is 4.90 Å². The van der Waals surface area contributed by atoms with Crippen LogP contribution in [0.4, 0.5) is 0 Å². The van der Waals surface area contributed by atoms with Gasteiger partial charge in [-0.05, 0) is 38.6 Å². The normalized spacial score (nSPS) is 12.4. The third kappa shape index (κ3) is 5.22. The van der Waals surface area contributed by atoms with Crippen LogP contribution in [-0.2, 0) is 9.53 Å². The molecule has 0 radical (unpaired) electrons. The van der Waals surface area contributed by atoms with Crippen LogP contribution in [0, 0.1) is 0 Å². The summed E-state index contributed by atoms with van der Waals surface area (Å²) >= 11 is 0. The maximum absolute atomic E-state index is 12.8. The fraction of sp³-hybridized carbons (Fsp3) is 0.350. The van der Waals surface area contributed by atoms with Crippen LogP contribution >= 0.6 is 0 Å². The van der Waals surface area contributed by atoms with Gasteiger partial charge >= 0.3 is 5.97 Å². The Balaban J connectivity index is 2.16. The molecule has 0 spiro atoms. The lowest BCUT2D eigenvalue weighted by molar-refractivity contribution is -0.149. The van der Waals surface area contributed by atoms with Crippen molar-refractivity contribution in [2.24, 2.45) is 0 Å². The van der Waals surface area contributed by atoms with Gasteiger partial charge in [-0.1, -0.05) is 60.7 Å². The molecule has 1 atom stereocenters. The number of hydrogen-bond donors (Lipinski definition) is 0. The van der Waals surface area contributed by atoms with Gasteiger partial charge in [0.2, 0.25) is 0 Å². The predicted octanol–water partition coefficient (Wildman–Crippen LogP) is 3.70. The Labute approximate surface area is 138 Å². The number of benzene rings is 2. The van der Waals surface area contributed by atoms with Crippen molar-refractivity contribution in [3.8, 4) is 0 Å². The van der Waals surface area contributed by atoms with Gasteiger partial charge in [-0.2, -0.15) is 0 Å². The van der Waals surface area contributed by atoms with Crippen LogP contribution < -0.4 is 0 Å². The molecule has 0 bridgehead atoms. The number of esters is 1. The number of hydrogen-bond acceptors (Lipinski definition) is 3. The average molecular weight is 311 g/mol. The molecule has 122 valence electrons. The van der Waals surface area contributed by atoms with Gasteiger partial charge in [0.25, 0.3) is 0 Å². The van der Waals surface area contributed by atoms with Gasteiger partial charge < -0.3 is 9.64 Å². The SMILES string of the molecule is C[C@@H](CCN(C)C)OC(=O)C(c1ccccc1)c1ccccc1. The minimum atomic E-state index is -0.376. The van der Waals surface area contributed by atoms with Crippen molar-refractivity contribution in [2.75, 3.05) is 20.6 Å². The summed E-state index contributed by atoms with van der Waals surface area (Å²) in [7, 11) is 4.04. The molecule has 0 aromatic heterocycles. The molecule has 2 aromatic carbocycles. The minimum absolute atomic E-state index is 0.0974. The van der Waals surface area contributed by atoms with Gasteiger partial charge in [-0.15, -0.1) is 0 Å². The van der Waals surface area contributed by atoms with Crippen molar-refractivity contribution < 1.29 is 9.53 Å². The van der Waals surface area contributed by atoms with E-state index in [9.17, 15) is 4.79 Å². The van der Waals surface area contributed by atoms with Gasteiger partial charge in [-0.25, -0.2) is 0 Å². The van der Waals surface area contributed by atoms with Crippen LogP contribution in [0.3, 0.4) is 0 Å². The molecule has 0 saturated carbocycles. The molecule has 0 N–H and O–H groups in total. The summed E-state index contributed by atoms with van der Waals surface area (Å²) in [5.41, 5.74) is 1.92. The lowest BCUT2D eigenvalue weighted by atomic mass is 9.91. The van der Waals surface area contributed by atoms with E-state index in [0.717, 1.165) is 24.1 Å². The summed E-state index contributed by atoms with van der Waals surface area (Å²) in [5, 5.41) is 0. The fourth-order valence-corrected chi connectivity index (χ4v) is 2.52. The van der Waals surface area contributed by atoms with Crippen molar-refractivity contribution >= 4 is 5.97 Å². The topological polar surface area (TPSA) is 29.5 Å². The second-order valence-electron chi connectivity index (χ2n) is 6.09. The number of carbonyl (C=O) groups excluding carboxylic acids is 1. The molecular weight excluding hydrogens is 286 g/mol. The zero-order valence-electron chi connectivity index (χ0n) is 14.1. The molecule has 0 heterocycles. The van der Waals surface area contributed by atoms with Gasteiger partial charge in [0, 0.05) is 6.54 Å². The van der Waals surface area contributed by atoms with Crippen LogP contribution in [-0.4, -0.2) is 37.6 Å². The highest BCUT2D eigenvalue weighted by Crippen LogP contribution is 2.26. The first-order chi connectivity index (χ1) is 11.1. The lowest BCUT2D eigenvalue weighted by Gasteiger charge is -2.21. The van der Waals surface area contributed by atoms with Crippen LogP contribution in [0.5, 0.6) is 0 Å². The van der Waals surface area contributed by atoms with E-state index in [-0.39, 0.29) is 18.0 Å². The van der Waals surface area contributed by atoms with E-state index in [1.807, 2.05) is 81.7 Å². The van der Waals surface area contributed by atoms with Gasteiger partial charge in [-0.3, -0.25) is 4.79 Å². The summed E-state index contributed by atoms with van der Waals surface area (Å²) in [6, 6.07) is 19.6. The molecule has 0 fully saturated rings. The van der Waals surface area contributed by atoms with Crippen molar-refractivity contribution in [2.45, 2.75) is 25.4 Å². The lowest BCUT2D eigenvalue weighted by Crippen LogP contribution is -2.25. The predicted molar refractivity (Wildman–Crippen MR) is 93.5 cm³/mol. The number of nitrogens with zero attached hydrogens (tertiary/aromatic N) is 1. The van der Waals surface area contributed by atoms with Crippen LogP contribution in [0.15, 0.2) is 60.7 Å². The van der Waals surface area contributed by atoms with E-state index in [1.54, 1.807) is 0 Å². The summed E-state index contributed by atoms with van der Waals surface area (Å²) in [6.07, 6.45) is 0.731. The highest BCUT2D eigenvalue weighted by atomic mass is 16.5. The molecule has 2 aromatic rings. The minimum Gasteiger partial charge on any atom is -0.462 e. The van der Waals surface area contributed by atoms with Gasteiger partial charge in [0.05, 0.1) is 0 Å². The highest BCUT2D eigenvalue weighted by molar-refractivity contribution is 5.82. The van der Waals surface area contributed by atoms with E-state index in [2.05, 4.69) is 4.90 Å². The van der Waals surface area contributed by atoms with E-state index in [4.69, 9.17) is 4.74 Å². The Morgan fingerprint density at radius 1 is 0.957 bits per heavy atom. The van der Waals surface area contributed by atoms with E-state index >= 15 is 0 Å². The Kier molecular flexibility index (Phi) is 6.36. The van der Waals surface area contributed by atoms with Crippen LogP contribution in [0.1, 0.15) is 30.4 Å². The molecule has 23 heavy (non-hydrogen) atoms. The van der Waals surface area contributed by atoms with Gasteiger partial charge in [0.15, 0.2) is 0 Å². The molecular formula is C20H25NO2. The van der Waals surface area contributed by atoms with E-state index < -0.39 is 0 Å². The molecule has 0 saturated heterocycles. The van der Waals surface area contributed by atoms with E-state index in [0.29, 0.717) is 0 Å². The molecule has 3 nitrogen and oxygen atoms in total. The molecule has 0 aliphatic heterocycles. The zero-order valence-corrected chi connectivity index (χ0v) is 14.1. The Morgan fingerprint density at radius 3 is 1.87 bits per heavy atom. The Bertz CT molecular complexity index is 556. The monoisotopic (exact) mass is 311 g/mol. The number of rotatable bonds is 7. The largest absolute Gasteiger partial charge is 0.462 e. The highest BCUT2D eigenvalue weighted by Gasteiger charge is 2.25. The Hall–Kier alpha value is -2.13. The quantitative estimate of drug-likeness (QED) is 0.730. The maximum atomic E-state index is 12.8. The first-order valence-electron chi connectivity index (χ1n) is 8.03. The smallest absolute Gasteiger partial charge is 0.318 e. The summed E-state index contributed by atoms with van der Waals surface area (Å²) in [5.74, 6) is -0.562. The standard InChI is InChI=1S/C20H25NO2/c1-16(14-15-21(2)3)23-20(22)19(17-10-6-4-7-11-17)18-12-8-5-9-13-18/h4-13,16,19H,14-15H2,1-3H3/t16-/m0/s1.